The normalized spacial score (nSPS) is 13.1. The highest BCUT2D eigenvalue weighted by molar-refractivity contribution is 6.26. The Morgan fingerprint density at radius 2 is 1.39 bits per heavy atom. The van der Waals surface area contributed by atoms with Crippen molar-refractivity contribution in [3.63, 3.8) is 0 Å². The van der Waals surface area contributed by atoms with Crippen LogP contribution < -0.4 is 4.57 Å². The minimum absolute atomic E-state index is 0.196. The molecule has 0 aliphatic rings. The van der Waals surface area contributed by atoms with E-state index in [-0.39, 0.29) is 10.8 Å². The number of pyridine rings is 2. The monoisotopic (exact) mass is 540 g/mol. The Balaban J connectivity index is 1.73. The molecule has 7 rings (SSSR count). The molecule has 4 aromatic heterocycles. The molecule has 0 fully saturated rings. The number of hydrogen-bond acceptors (Lipinski definition) is 3. The van der Waals surface area contributed by atoms with Gasteiger partial charge < -0.3 is 4.40 Å². The molecule has 0 saturated heterocycles. The zero-order valence-corrected chi connectivity index (χ0v) is 25.9. The van der Waals surface area contributed by atoms with E-state index in [1.165, 1.54) is 65.7 Å². The van der Waals surface area contributed by atoms with Gasteiger partial charge in [0.15, 0.2) is 12.0 Å². The van der Waals surface area contributed by atoms with Gasteiger partial charge in [-0.15, -0.1) is 0 Å². The first kappa shape index (κ1) is 25.8. The quantitative estimate of drug-likeness (QED) is 0.120. The maximum atomic E-state index is 5.08. The number of benzene rings is 3. The number of hydrogen-bond donors (Lipinski definition) is 0. The van der Waals surface area contributed by atoms with Crippen LogP contribution in [0.25, 0.3) is 60.4 Å². The van der Waals surface area contributed by atoms with Crippen LogP contribution in [0.5, 0.6) is 0 Å². The number of fused-ring (bicyclic) bond motifs is 5. The van der Waals surface area contributed by atoms with Crippen LogP contribution in [0.1, 0.15) is 69.9 Å². The minimum Gasteiger partial charge on any atom is -0.307 e. The van der Waals surface area contributed by atoms with Crippen molar-refractivity contribution in [2.75, 3.05) is 0 Å². The van der Waals surface area contributed by atoms with Gasteiger partial charge in [-0.2, -0.15) is 0 Å². The summed E-state index contributed by atoms with van der Waals surface area (Å²) in [6, 6.07) is 15.9. The summed E-state index contributed by atoms with van der Waals surface area (Å²) in [5, 5.41) is 6.42. The SMILES string of the molecule is Cc1cc2c3c(C)cccc3n3c4cc(-c5nc(C(C)(C)C)nc(C(C)(C)C)n5)cc5cc[n+](C)c(c(c1C)c23)c54. The van der Waals surface area contributed by atoms with Crippen molar-refractivity contribution in [1.82, 2.24) is 19.4 Å². The van der Waals surface area contributed by atoms with Crippen LogP contribution >= 0.6 is 0 Å². The van der Waals surface area contributed by atoms with Gasteiger partial charge in [-0.1, -0.05) is 53.7 Å². The number of aryl methyl sites for hydroxylation is 4. The van der Waals surface area contributed by atoms with E-state index in [2.05, 4.69) is 127 Å². The van der Waals surface area contributed by atoms with Crippen molar-refractivity contribution in [2.24, 2.45) is 7.05 Å². The highest BCUT2D eigenvalue weighted by atomic mass is 15.1. The predicted octanol–water partition coefficient (Wildman–Crippen LogP) is 8.19. The molecule has 3 aromatic carbocycles. The Bertz CT molecular complexity index is 2170. The van der Waals surface area contributed by atoms with Crippen LogP contribution in [-0.2, 0) is 17.9 Å². The van der Waals surface area contributed by atoms with Gasteiger partial charge in [0.1, 0.15) is 18.7 Å². The Hall–Kier alpha value is -4.12. The van der Waals surface area contributed by atoms with Crippen LogP contribution in [-0.4, -0.2) is 19.4 Å². The van der Waals surface area contributed by atoms with E-state index in [0.717, 1.165) is 23.0 Å². The second-order valence-electron chi connectivity index (χ2n) is 13.9. The van der Waals surface area contributed by atoms with Gasteiger partial charge in [-0.3, -0.25) is 0 Å². The van der Waals surface area contributed by atoms with Crippen molar-refractivity contribution in [2.45, 2.75) is 73.1 Å². The van der Waals surface area contributed by atoms with Gasteiger partial charge >= 0.3 is 0 Å². The van der Waals surface area contributed by atoms with Gasteiger partial charge in [0.2, 0.25) is 5.52 Å². The highest BCUT2D eigenvalue weighted by Crippen LogP contribution is 2.43. The Morgan fingerprint density at radius 3 is 2.05 bits per heavy atom. The lowest BCUT2D eigenvalue weighted by molar-refractivity contribution is -0.643. The summed E-state index contributed by atoms with van der Waals surface area (Å²) in [6.07, 6.45) is 2.19. The third kappa shape index (κ3) is 3.61. The molecule has 0 spiro atoms. The summed E-state index contributed by atoms with van der Waals surface area (Å²) in [7, 11) is 2.17. The standard InChI is InChI=1S/C36H38N5/c1-19-12-11-13-25-27(19)24-16-20(2)21(3)28-30(24)41(25)26-18-23(17-22-14-15-40(10)31(28)29(22)26)32-37-33(35(4,5)6)39-34(38-32)36(7,8)9/h11-18H,1-10H3/q+1. The van der Waals surface area contributed by atoms with Crippen molar-refractivity contribution in [3.8, 4) is 11.4 Å². The molecule has 41 heavy (non-hydrogen) atoms. The maximum absolute atomic E-state index is 5.08. The first-order valence-electron chi connectivity index (χ1n) is 14.5. The van der Waals surface area contributed by atoms with Crippen LogP contribution in [0.4, 0.5) is 0 Å². The Kier molecular flexibility index (Phi) is 5.18. The smallest absolute Gasteiger partial charge is 0.224 e. The summed E-state index contributed by atoms with van der Waals surface area (Å²) in [5.41, 5.74) is 9.54. The average molecular weight is 541 g/mol. The second kappa shape index (κ2) is 8.22. The molecule has 0 aliphatic heterocycles. The molecule has 0 atom stereocenters. The first-order valence-corrected chi connectivity index (χ1v) is 14.5. The molecule has 0 radical (unpaired) electrons. The lowest BCUT2D eigenvalue weighted by atomic mass is 9.92. The molecule has 0 bridgehead atoms. The molecule has 0 amide bonds. The summed E-state index contributed by atoms with van der Waals surface area (Å²) in [4.78, 5) is 15.1. The molecule has 0 aliphatic carbocycles. The zero-order chi connectivity index (χ0) is 29.2. The molecular weight excluding hydrogens is 502 g/mol. The predicted molar refractivity (Wildman–Crippen MR) is 170 cm³/mol. The highest BCUT2D eigenvalue weighted by Gasteiger charge is 2.28. The fourth-order valence-electron chi connectivity index (χ4n) is 6.44. The minimum atomic E-state index is -0.196. The summed E-state index contributed by atoms with van der Waals surface area (Å²) >= 11 is 0. The third-order valence-electron chi connectivity index (χ3n) is 8.73. The second-order valence-corrected chi connectivity index (χ2v) is 13.9. The van der Waals surface area contributed by atoms with Crippen molar-refractivity contribution in [1.29, 1.82) is 0 Å². The average Bonchev–Trinajstić information content (AvgIpc) is 3.23. The Morgan fingerprint density at radius 1 is 0.707 bits per heavy atom. The van der Waals surface area contributed by atoms with Gasteiger partial charge in [0, 0.05) is 33.2 Å². The van der Waals surface area contributed by atoms with E-state index < -0.39 is 0 Å². The fourth-order valence-corrected chi connectivity index (χ4v) is 6.44. The van der Waals surface area contributed by atoms with E-state index in [1.807, 2.05) is 0 Å². The molecule has 7 aromatic rings. The third-order valence-corrected chi connectivity index (χ3v) is 8.73. The number of rotatable bonds is 1. The molecule has 206 valence electrons. The van der Waals surface area contributed by atoms with Crippen molar-refractivity contribution < 1.29 is 4.57 Å². The largest absolute Gasteiger partial charge is 0.307 e. The van der Waals surface area contributed by atoms with Gasteiger partial charge in [0.25, 0.3) is 0 Å². The van der Waals surface area contributed by atoms with E-state index in [9.17, 15) is 0 Å². The van der Waals surface area contributed by atoms with Crippen LogP contribution in [0.3, 0.4) is 0 Å². The van der Waals surface area contributed by atoms with E-state index >= 15 is 0 Å². The molecule has 5 heteroatoms. The Labute approximate surface area is 241 Å². The van der Waals surface area contributed by atoms with Crippen molar-refractivity contribution in [3.05, 3.63) is 77.0 Å². The van der Waals surface area contributed by atoms with Crippen LogP contribution in [0, 0.1) is 20.8 Å². The topological polar surface area (TPSA) is 47.0 Å². The fraction of sp³-hybridized carbons (Fsp3) is 0.333. The summed E-state index contributed by atoms with van der Waals surface area (Å²) in [5.74, 6) is 2.38. The molecule has 0 unspecified atom stereocenters. The summed E-state index contributed by atoms with van der Waals surface area (Å²) in [6.45, 7) is 19.7. The lowest BCUT2D eigenvalue weighted by Crippen LogP contribution is -2.29. The number of aromatic nitrogens is 5. The van der Waals surface area contributed by atoms with Crippen LogP contribution in [0.15, 0.2) is 48.7 Å². The van der Waals surface area contributed by atoms with Crippen molar-refractivity contribution >= 4 is 49.0 Å². The zero-order valence-electron chi connectivity index (χ0n) is 25.9. The van der Waals surface area contributed by atoms with E-state index in [1.54, 1.807) is 0 Å². The molecular formula is C36H38N5+. The van der Waals surface area contributed by atoms with E-state index in [4.69, 9.17) is 15.0 Å². The van der Waals surface area contributed by atoms with E-state index in [0.29, 0.717) is 0 Å². The number of nitrogens with zero attached hydrogens (tertiary/aromatic N) is 5. The van der Waals surface area contributed by atoms with Gasteiger partial charge in [-0.05, 0) is 67.1 Å². The molecule has 5 nitrogen and oxygen atoms in total. The summed E-state index contributed by atoms with van der Waals surface area (Å²) < 4.78 is 4.79. The van der Waals surface area contributed by atoms with Crippen LogP contribution in [0.2, 0.25) is 0 Å². The van der Waals surface area contributed by atoms with Gasteiger partial charge in [0.05, 0.1) is 27.3 Å². The first-order chi connectivity index (χ1) is 19.3. The van der Waals surface area contributed by atoms with Gasteiger partial charge in [-0.25, -0.2) is 19.5 Å². The molecule has 0 saturated carbocycles. The maximum Gasteiger partial charge on any atom is 0.224 e. The molecule has 4 heterocycles. The lowest BCUT2D eigenvalue weighted by Gasteiger charge is -2.23. The molecule has 0 N–H and O–H groups in total.